The fraction of sp³-hybridized carbons (Fsp3) is 0.333. The van der Waals surface area contributed by atoms with E-state index in [1.165, 1.54) is 14.2 Å². The second-order valence-corrected chi connectivity index (χ2v) is 3.89. The molecule has 0 heterocycles. The Bertz CT molecular complexity index is 442. The molecule has 0 aliphatic rings. The van der Waals surface area contributed by atoms with Gasteiger partial charge in [-0.1, -0.05) is 11.6 Å². The third kappa shape index (κ3) is 2.97. The number of hydrogen-bond acceptors (Lipinski definition) is 4. The highest BCUT2D eigenvalue weighted by atomic mass is 35.5. The first-order chi connectivity index (χ1) is 8.01. The minimum absolute atomic E-state index is 0.276. The number of esters is 1. The summed E-state index contributed by atoms with van der Waals surface area (Å²) in [6.07, 6.45) is 0. The molecule has 0 amide bonds. The van der Waals surface area contributed by atoms with E-state index >= 15 is 0 Å². The van der Waals surface area contributed by atoms with Gasteiger partial charge >= 0.3 is 5.97 Å². The van der Waals surface area contributed by atoms with E-state index in [2.05, 4.69) is 4.74 Å². The molecular formula is C12H13ClO4. The molecule has 0 aliphatic carbocycles. The maximum absolute atomic E-state index is 12.0. The van der Waals surface area contributed by atoms with E-state index in [0.717, 1.165) is 5.56 Å². The van der Waals surface area contributed by atoms with E-state index in [1.54, 1.807) is 18.2 Å². The number of alkyl halides is 1. The van der Waals surface area contributed by atoms with Crippen molar-refractivity contribution in [2.75, 3.05) is 14.2 Å². The average Bonchev–Trinajstić information content (AvgIpc) is 2.35. The maximum Gasteiger partial charge on any atom is 0.331 e. The minimum Gasteiger partial charge on any atom is -0.496 e. The van der Waals surface area contributed by atoms with Crippen molar-refractivity contribution < 1.29 is 19.1 Å². The van der Waals surface area contributed by atoms with Gasteiger partial charge in [-0.3, -0.25) is 4.79 Å². The first-order valence-electron chi connectivity index (χ1n) is 4.92. The van der Waals surface area contributed by atoms with Gasteiger partial charge in [0.1, 0.15) is 5.75 Å². The molecule has 0 N–H and O–H groups in total. The maximum atomic E-state index is 12.0. The van der Waals surface area contributed by atoms with Crippen molar-refractivity contribution in [3.8, 4) is 5.75 Å². The van der Waals surface area contributed by atoms with Crippen LogP contribution in [0.2, 0.25) is 0 Å². The summed E-state index contributed by atoms with van der Waals surface area (Å²) < 4.78 is 9.48. The van der Waals surface area contributed by atoms with Crippen molar-refractivity contribution in [3.63, 3.8) is 0 Å². The number of carbonyl (C=O) groups excluding carboxylic acids is 2. The highest BCUT2D eigenvalue weighted by molar-refractivity contribution is 6.43. The van der Waals surface area contributed by atoms with Crippen molar-refractivity contribution >= 4 is 23.4 Å². The molecule has 0 bridgehead atoms. The van der Waals surface area contributed by atoms with Crippen LogP contribution < -0.4 is 4.74 Å². The molecule has 0 aromatic heterocycles. The molecule has 0 saturated carbocycles. The SMILES string of the molecule is COC(=O)C(Cl)C(=O)c1cc(C)ccc1OC. The lowest BCUT2D eigenvalue weighted by atomic mass is 10.0. The number of Topliss-reactive ketones (excluding diaryl/α,β-unsaturated/α-hetero) is 1. The molecule has 5 heteroatoms. The van der Waals surface area contributed by atoms with E-state index in [9.17, 15) is 9.59 Å². The number of methoxy groups -OCH3 is 2. The van der Waals surface area contributed by atoms with E-state index in [4.69, 9.17) is 16.3 Å². The number of ketones is 1. The molecule has 92 valence electrons. The quantitative estimate of drug-likeness (QED) is 0.358. The molecule has 0 saturated heterocycles. The highest BCUT2D eigenvalue weighted by Crippen LogP contribution is 2.23. The third-order valence-corrected chi connectivity index (χ3v) is 2.64. The van der Waals surface area contributed by atoms with Gasteiger partial charge in [-0.2, -0.15) is 0 Å². The zero-order valence-corrected chi connectivity index (χ0v) is 10.6. The van der Waals surface area contributed by atoms with Gasteiger partial charge in [0.2, 0.25) is 0 Å². The minimum atomic E-state index is -1.35. The summed E-state index contributed by atoms with van der Waals surface area (Å²) in [7, 11) is 2.63. The summed E-state index contributed by atoms with van der Waals surface area (Å²) in [4.78, 5) is 23.2. The molecule has 1 unspecified atom stereocenters. The lowest BCUT2D eigenvalue weighted by Crippen LogP contribution is -2.26. The zero-order valence-electron chi connectivity index (χ0n) is 9.82. The molecule has 1 rings (SSSR count). The van der Waals surface area contributed by atoms with E-state index in [-0.39, 0.29) is 5.56 Å². The Kier molecular flexibility index (Phi) is 4.52. The van der Waals surface area contributed by atoms with E-state index in [1.807, 2.05) is 6.92 Å². The number of ether oxygens (including phenoxy) is 2. The summed E-state index contributed by atoms with van der Waals surface area (Å²) in [5, 5.41) is -1.35. The molecule has 0 aliphatic heterocycles. The van der Waals surface area contributed by atoms with Gasteiger partial charge in [0.15, 0.2) is 11.2 Å². The Morgan fingerprint density at radius 3 is 2.47 bits per heavy atom. The summed E-state index contributed by atoms with van der Waals surface area (Å²) >= 11 is 5.72. The second-order valence-electron chi connectivity index (χ2n) is 3.45. The van der Waals surface area contributed by atoms with Crippen molar-refractivity contribution in [2.24, 2.45) is 0 Å². The number of benzene rings is 1. The van der Waals surface area contributed by atoms with Gasteiger partial charge in [0.25, 0.3) is 0 Å². The fourth-order valence-electron chi connectivity index (χ4n) is 1.36. The van der Waals surface area contributed by atoms with Crippen molar-refractivity contribution in [1.82, 2.24) is 0 Å². The zero-order chi connectivity index (χ0) is 13.0. The molecule has 1 atom stereocenters. The first kappa shape index (κ1) is 13.5. The standard InChI is InChI=1S/C12H13ClO4/c1-7-4-5-9(16-2)8(6-7)11(14)10(13)12(15)17-3/h4-6,10H,1-3H3. The number of halogens is 1. The van der Waals surface area contributed by atoms with Gasteiger partial charge in [-0.25, -0.2) is 4.79 Å². The van der Waals surface area contributed by atoms with Gasteiger partial charge in [0, 0.05) is 0 Å². The predicted octanol–water partition coefficient (Wildman–Crippen LogP) is 1.97. The molecule has 0 spiro atoms. The molecule has 17 heavy (non-hydrogen) atoms. The van der Waals surface area contributed by atoms with Crippen molar-refractivity contribution in [3.05, 3.63) is 29.3 Å². The summed E-state index contributed by atoms with van der Waals surface area (Å²) in [5.74, 6) is -0.922. The number of hydrogen-bond donors (Lipinski definition) is 0. The van der Waals surface area contributed by atoms with Crippen LogP contribution in [-0.4, -0.2) is 31.3 Å². The Morgan fingerprint density at radius 2 is 1.94 bits per heavy atom. The molecular weight excluding hydrogens is 244 g/mol. The molecule has 0 fully saturated rings. The van der Waals surface area contributed by atoms with Crippen LogP contribution in [0.4, 0.5) is 0 Å². The first-order valence-corrected chi connectivity index (χ1v) is 5.35. The van der Waals surface area contributed by atoms with Crippen LogP contribution in [0.3, 0.4) is 0 Å². The lowest BCUT2D eigenvalue weighted by Gasteiger charge is -2.11. The van der Waals surface area contributed by atoms with Crippen LogP contribution in [0.25, 0.3) is 0 Å². The third-order valence-electron chi connectivity index (χ3n) is 2.26. The summed E-state index contributed by atoms with van der Waals surface area (Å²) in [5.41, 5.74) is 1.15. The van der Waals surface area contributed by atoms with Crippen LogP contribution in [0.1, 0.15) is 15.9 Å². The molecule has 4 nitrogen and oxygen atoms in total. The van der Waals surface area contributed by atoms with Gasteiger partial charge in [-0.05, 0) is 19.1 Å². The molecule has 1 aromatic carbocycles. The molecule has 0 radical (unpaired) electrons. The van der Waals surface area contributed by atoms with Gasteiger partial charge in [0.05, 0.1) is 19.8 Å². The monoisotopic (exact) mass is 256 g/mol. The number of carbonyl (C=O) groups is 2. The van der Waals surface area contributed by atoms with E-state index in [0.29, 0.717) is 5.75 Å². The number of aryl methyl sites for hydroxylation is 1. The predicted molar refractivity (Wildman–Crippen MR) is 63.7 cm³/mol. The summed E-state index contributed by atoms with van der Waals surface area (Å²) in [6, 6.07) is 5.08. The largest absolute Gasteiger partial charge is 0.496 e. The summed E-state index contributed by atoms with van der Waals surface area (Å²) in [6.45, 7) is 1.83. The Balaban J connectivity index is 3.10. The second kappa shape index (κ2) is 5.68. The smallest absolute Gasteiger partial charge is 0.331 e. The van der Waals surface area contributed by atoms with Crippen LogP contribution in [0.5, 0.6) is 5.75 Å². The number of rotatable bonds is 4. The Hall–Kier alpha value is -1.55. The van der Waals surface area contributed by atoms with Gasteiger partial charge in [-0.15, -0.1) is 11.6 Å². The molecule has 1 aromatic rings. The Morgan fingerprint density at radius 1 is 1.29 bits per heavy atom. The van der Waals surface area contributed by atoms with Crippen molar-refractivity contribution in [1.29, 1.82) is 0 Å². The van der Waals surface area contributed by atoms with Gasteiger partial charge < -0.3 is 9.47 Å². The normalized spacial score (nSPS) is 11.8. The average molecular weight is 257 g/mol. The lowest BCUT2D eigenvalue weighted by molar-refractivity contribution is -0.139. The van der Waals surface area contributed by atoms with Crippen LogP contribution in [0, 0.1) is 6.92 Å². The highest BCUT2D eigenvalue weighted by Gasteiger charge is 2.28. The Labute approximate surface area is 104 Å². The van der Waals surface area contributed by atoms with E-state index < -0.39 is 17.1 Å². The van der Waals surface area contributed by atoms with Crippen LogP contribution >= 0.6 is 11.6 Å². The van der Waals surface area contributed by atoms with Crippen LogP contribution in [-0.2, 0) is 9.53 Å². The van der Waals surface area contributed by atoms with Crippen molar-refractivity contribution in [2.45, 2.75) is 12.3 Å². The topological polar surface area (TPSA) is 52.6 Å². The fourth-order valence-corrected chi connectivity index (χ4v) is 1.57. The van der Waals surface area contributed by atoms with Crippen LogP contribution in [0.15, 0.2) is 18.2 Å².